The van der Waals surface area contributed by atoms with Crippen LogP contribution in [0.15, 0.2) is 57.4 Å². The number of hydrogen-bond donors (Lipinski definition) is 1. The Bertz CT molecular complexity index is 890. The van der Waals surface area contributed by atoms with E-state index in [2.05, 4.69) is 21.2 Å². The van der Waals surface area contributed by atoms with Crippen LogP contribution in [-0.2, 0) is 16.1 Å². The molecule has 2 aromatic carbocycles. The van der Waals surface area contributed by atoms with Gasteiger partial charge in [0, 0.05) is 17.7 Å². The molecule has 0 saturated heterocycles. The quantitative estimate of drug-likeness (QED) is 0.523. The molecule has 6 heteroatoms. The van der Waals surface area contributed by atoms with Crippen molar-refractivity contribution in [2.45, 2.75) is 13.5 Å². The first-order valence-corrected chi connectivity index (χ1v) is 9.20. The van der Waals surface area contributed by atoms with Gasteiger partial charge in [0.25, 0.3) is 5.91 Å². The van der Waals surface area contributed by atoms with Crippen LogP contribution in [0.4, 0.5) is 5.69 Å². The molecule has 0 fully saturated rings. The van der Waals surface area contributed by atoms with E-state index in [1.54, 1.807) is 6.07 Å². The van der Waals surface area contributed by atoms with Gasteiger partial charge < -0.3 is 19.2 Å². The molecule has 1 aromatic heterocycles. The van der Waals surface area contributed by atoms with Crippen molar-refractivity contribution in [1.82, 2.24) is 0 Å². The summed E-state index contributed by atoms with van der Waals surface area (Å²) < 4.78 is 17.3. The van der Waals surface area contributed by atoms with Crippen LogP contribution in [0.3, 0.4) is 0 Å². The molecule has 0 atom stereocenters. The highest BCUT2D eigenvalue weighted by Gasteiger charge is 2.14. The van der Waals surface area contributed by atoms with Gasteiger partial charge in [-0.25, -0.2) is 0 Å². The van der Waals surface area contributed by atoms with E-state index in [0.29, 0.717) is 37.7 Å². The summed E-state index contributed by atoms with van der Waals surface area (Å²) in [4.78, 5) is 12.5. The number of halogens is 1. The van der Waals surface area contributed by atoms with Crippen molar-refractivity contribution in [3.05, 3.63) is 64.3 Å². The third-order valence-corrected chi connectivity index (χ3v) is 4.37. The Morgan fingerprint density at radius 2 is 1.92 bits per heavy atom. The Kier molecular flexibility index (Phi) is 6.44. The molecule has 1 amide bonds. The average Bonchev–Trinajstić information content (AvgIpc) is 3.08. The van der Waals surface area contributed by atoms with E-state index in [9.17, 15) is 4.79 Å². The van der Waals surface area contributed by atoms with Crippen LogP contribution in [0.25, 0.3) is 11.0 Å². The molecule has 0 unspecified atom stereocenters. The highest BCUT2D eigenvalue weighted by molar-refractivity contribution is 9.10. The van der Waals surface area contributed by atoms with Gasteiger partial charge in [-0.3, -0.25) is 4.79 Å². The fraction of sp³-hybridized carbons (Fsp3) is 0.250. The van der Waals surface area contributed by atoms with E-state index >= 15 is 0 Å². The zero-order chi connectivity index (χ0) is 18.4. The molecule has 0 aliphatic carbocycles. The van der Waals surface area contributed by atoms with E-state index in [1.165, 1.54) is 0 Å². The van der Waals surface area contributed by atoms with Gasteiger partial charge in [0.1, 0.15) is 5.58 Å². The molecule has 1 N–H and O–H groups in total. The van der Waals surface area contributed by atoms with Gasteiger partial charge in [0.2, 0.25) is 0 Å². The van der Waals surface area contributed by atoms with Crippen LogP contribution in [-0.4, -0.2) is 25.7 Å². The molecule has 5 nitrogen and oxygen atoms in total. The monoisotopic (exact) mass is 417 g/mol. The Balaban J connectivity index is 1.63. The number of carbonyl (C=O) groups excluding carboxylic acids is 1. The van der Waals surface area contributed by atoms with Crippen LogP contribution in [0.2, 0.25) is 0 Å². The number of rotatable bonds is 8. The predicted octanol–water partition coefficient (Wildman–Crippen LogP) is 5.00. The summed E-state index contributed by atoms with van der Waals surface area (Å²) in [5.74, 6) is -0.0206. The SMILES string of the molecule is CCOCCOCc1cccc(NC(=O)c2cc3cccc(Br)c3o2)c1. The second kappa shape index (κ2) is 8.98. The standard InChI is InChI=1S/C20H20BrNO4/c1-2-24-9-10-25-13-14-5-3-7-16(11-14)22-20(23)18-12-15-6-4-8-17(21)19(15)26-18/h3-8,11-12H,2,9-10,13H2,1H3,(H,22,23). The zero-order valence-corrected chi connectivity index (χ0v) is 16.0. The molecule has 136 valence electrons. The molecule has 0 spiro atoms. The summed E-state index contributed by atoms with van der Waals surface area (Å²) in [5, 5.41) is 3.74. The molecule has 1 heterocycles. The normalized spacial score (nSPS) is 11.0. The first kappa shape index (κ1) is 18.6. The molecule has 0 saturated carbocycles. The Morgan fingerprint density at radius 3 is 2.73 bits per heavy atom. The van der Waals surface area contributed by atoms with Crippen LogP contribution < -0.4 is 5.32 Å². The Morgan fingerprint density at radius 1 is 1.12 bits per heavy atom. The van der Waals surface area contributed by atoms with Gasteiger partial charge >= 0.3 is 0 Å². The summed E-state index contributed by atoms with van der Waals surface area (Å²) in [6.07, 6.45) is 0. The Hall–Kier alpha value is -2.15. The molecule has 3 rings (SSSR count). The number of carbonyl (C=O) groups is 1. The zero-order valence-electron chi connectivity index (χ0n) is 14.5. The number of amides is 1. The van der Waals surface area contributed by atoms with Gasteiger partial charge in [0.15, 0.2) is 5.76 Å². The molecule has 26 heavy (non-hydrogen) atoms. The molecule has 0 aliphatic heterocycles. The fourth-order valence-electron chi connectivity index (χ4n) is 2.52. The molecular weight excluding hydrogens is 398 g/mol. The summed E-state index contributed by atoms with van der Waals surface area (Å²) >= 11 is 3.43. The highest BCUT2D eigenvalue weighted by Crippen LogP contribution is 2.27. The number of para-hydroxylation sites is 1. The van der Waals surface area contributed by atoms with Crippen LogP contribution in [0.5, 0.6) is 0 Å². The lowest BCUT2D eigenvalue weighted by Crippen LogP contribution is -2.11. The number of ether oxygens (including phenoxy) is 2. The smallest absolute Gasteiger partial charge is 0.291 e. The molecular formula is C20H20BrNO4. The minimum absolute atomic E-state index is 0.269. The highest BCUT2D eigenvalue weighted by atomic mass is 79.9. The number of fused-ring (bicyclic) bond motifs is 1. The van der Waals surface area contributed by atoms with E-state index in [-0.39, 0.29) is 11.7 Å². The minimum atomic E-state index is -0.289. The largest absolute Gasteiger partial charge is 0.450 e. The van der Waals surface area contributed by atoms with Gasteiger partial charge in [-0.05, 0) is 52.7 Å². The Labute approximate surface area is 160 Å². The summed E-state index contributed by atoms with van der Waals surface area (Å²) in [6.45, 7) is 4.22. The maximum absolute atomic E-state index is 12.5. The summed E-state index contributed by atoms with van der Waals surface area (Å²) in [6, 6.07) is 15.0. The van der Waals surface area contributed by atoms with Crippen LogP contribution in [0, 0.1) is 0 Å². The lowest BCUT2D eigenvalue weighted by molar-refractivity contribution is 0.0453. The van der Waals surface area contributed by atoms with Crippen LogP contribution in [0.1, 0.15) is 23.0 Å². The predicted molar refractivity (Wildman–Crippen MR) is 104 cm³/mol. The number of benzene rings is 2. The van der Waals surface area contributed by atoms with Gasteiger partial charge in [0.05, 0.1) is 24.3 Å². The third-order valence-electron chi connectivity index (χ3n) is 3.75. The fourth-order valence-corrected chi connectivity index (χ4v) is 2.99. The summed E-state index contributed by atoms with van der Waals surface area (Å²) in [7, 11) is 0. The van der Waals surface area contributed by atoms with E-state index in [4.69, 9.17) is 13.9 Å². The lowest BCUT2D eigenvalue weighted by atomic mass is 10.2. The van der Waals surface area contributed by atoms with Gasteiger partial charge in [-0.15, -0.1) is 0 Å². The van der Waals surface area contributed by atoms with Crippen molar-refractivity contribution in [1.29, 1.82) is 0 Å². The van der Waals surface area contributed by atoms with Gasteiger partial charge in [-0.1, -0.05) is 24.3 Å². The average molecular weight is 418 g/mol. The first-order valence-electron chi connectivity index (χ1n) is 8.41. The van der Waals surface area contributed by atoms with Crippen LogP contribution >= 0.6 is 15.9 Å². The second-order valence-electron chi connectivity index (χ2n) is 5.67. The summed E-state index contributed by atoms with van der Waals surface area (Å²) in [5.41, 5.74) is 2.33. The minimum Gasteiger partial charge on any atom is -0.450 e. The van der Waals surface area contributed by atoms with Crippen molar-refractivity contribution in [2.24, 2.45) is 0 Å². The molecule has 0 aliphatic rings. The topological polar surface area (TPSA) is 60.7 Å². The van der Waals surface area contributed by atoms with E-state index in [0.717, 1.165) is 15.4 Å². The number of nitrogens with one attached hydrogen (secondary N) is 1. The molecule has 0 radical (unpaired) electrons. The maximum atomic E-state index is 12.5. The molecule has 0 bridgehead atoms. The van der Waals surface area contributed by atoms with Crippen molar-refractivity contribution < 1.29 is 18.7 Å². The maximum Gasteiger partial charge on any atom is 0.291 e. The van der Waals surface area contributed by atoms with Crippen molar-refractivity contribution in [2.75, 3.05) is 25.1 Å². The second-order valence-corrected chi connectivity index (χ2v) is 6.53. The lowest BCUT2D eigenvalue weighted by Gasteiger charge is -2.07. The van der Waals surface area contributed by atoms with E-state index < -0.39 is 0 Å². The number of anilines is 1. The third kappa shape index (κ3) is 4.72. The first-order chi connectivity index (χ1) is 12.7. The number of hydrogen-bond acceptors (Lipinski definition) is 4. The number of furan rings is 1. The van der Waals surface area contributed by atoms with E-state index in [1.807, 2.05) is 49.4 Å². The van der Waals surface area contributed by atoms with Crippen molar-refractivity contribution >= 4 is 38.5 Å². The van der Waals surface area contributed by atoms with Crippen molar-refractivity contribution in [3.8, 4) is 0 Å². The van der Waals surface area contributed by atoms with Crippen molar-refractivity contribution in [3.63, 3.8) is 0 Å². The van der Waals surface area contributed by atoms with Gasteiger partial charge in [-0.2, -0.15) is 0 Å². The molecule has 3 aromatic rings.